The summed E-state index contributed by atoms with van der Waals surface area (Å²) in [5, 5.41) is 19.1. The Hall–Kier alpha value is -0.610. The SMILES string of the molecule is CCCCCCCCCCCC(=O)OC(O)(O)CCCCC. The minimum atomic E-state index is -2.29. The van der Waals surface area contributed by atoms with Crippen molar-refractivity contribution in [3.05, 3.63) is 0 Å². The Bertz CT molecular complexity index is 264. The number of esters is 1. The molecule has 4 nitrogen and oxygen atoms in total. The van der Waals surface area contributed by atoms with E-state index in [2.05, 4.69) is 6.92 Å². The Balaban J connectivity index is 3.48. The minimum Gasteiger partial charge on any atom is -0.408 e. The Morgan fingerprint density at radius 2 is 1.23 bits per heavy atom. The van der Waals surface area contributed by atoms with Crippen molar-refractivity contribution >= 4 is 5.97 Å². The number of aliphatic hydroxyl groups is 2. The first-order valence-corrected chi connectivity index (χ1v) is 9.18. The number of ether oxygens (including phenoxy) is 1. The van der Waals surface area contributed by atoms with Crippen molar-refractivity contribution in [1.29, 1.82) is 0 Å². The third-order valence-electron chi connectivity index (χ3n) is 3.87. The molecule has 0 aliphatic rings. The number of carbonyl (C=O) groups excluding carboxylic acids is 1. The minimum absolute atomic E-state index is 0.0876. The van der Waals surface area contributed by atoms with Crippen LogP contribution in [0.5, 0.6) is 0 Å². The largest absolute Gasteiger partial charge is 0.408 e. The monoisotopic (exact) mass is 316 g/mol. The van der Waals surface area contributed by atoms with Crippen LogP contribution in [0.2, 0.25) is 0 Å². The van der Waals surface area contributed by atoms with E-state index < -0.39 is 11.9 Å². The molecule has 132 valence electrons. The van der Waals surface area contributed by atoms with Crippen LogP contribution in [0, 0.1) is 0 Å². The van der Waals surface area contributed by atoms with E-state index in [1.165, 1.54) is 38.5 Å². The zero-order chi connectivity index (χ0) is 16.7. The van der Waals surface area contributed by atoms with Crippen molar-refractivity contribution in [2.24, 2.45) is 0 Å². The highest BCUT2D eigenvalue weighted by Gasteiger charge is 2.27. The van der Waals surface area contributed by atoms with Crippen LogP contribution in [0.25, 0.3) is 0 Å². The van der Waals surface area contributed by atoms with E-state index in [-0.39, 0.29) is 12.8 Å². The Labute approximate surface area is 136 Å². The van der Waals surface area contributed by atoms with Crippen LogP contribution in [0.15, 0.2) is 0 Å². The lowest BCUT2D eigenvalue weighted by Gasteiger charge is -2.21. The number of hydrogen-bond acceptors (Lipinski definition) is 4. The molecular weight excluding hydrogens is 280 g/mol. The average molecular weight is 316 g/mol. The van der Waals surface area contributed by atoms with E-state index in [1.807, 2.05) is 6.92 Å². The Morgan fingerprint density at radius 1 is 0.773 bits per heavy atom. The molecule has 0 radical (unpaired) electrons. The average Bonchev–Trinajstić information content (AvgIpc) is 2.45. The maximum absolute atomic E-state index is 11.6. The first-order valence-electron chi connectivity index (χ1n) is 9.18. The van der Waals surface area contributed by atoms with Crippen molar-refractivity contribution < 1.29 is 19.7 Å². The number of unbranched alkanes of at least 4 members (excludes halogenated alkanes) is 10. The summed E-state index contributed by atoms with van der Waals surface area (Å²) in [7, 11) is 0. The Kier molecular flexibility index (Phi) is 13.6. The highest BCUT2D eigenvalue weighted by atomic mass is 16.8. The summed E-state index contributed by atoms with van der Waals surface area (Å²) in [6.45, 7) is 4.25. The number of hydrogen-bond donors (Lipinski definition) is 2. The van der Waals surface area contributed by atoms with Crippen molar-refractivity contribution in [2.45, 2.75) is 110 Å². The standard InChI is InChI=1S/C18H36O4/c1-3-5-7-8-9-10-11-12-13-15-17(19)22-18(20,21)16-14-6-4-2/h20-21H,3-16H2,1-2H3. The molecular formula is C18H36O4. The third kappa shape index (κ3) is 14.3. The third-order valence-corrected chi connectivity index (χ3v) is 3.87. The summed E-state index contributed by atoms with van der Waals surface area (Å²) in [4.78, 5) is 11.6. The lowest BCUT2D eigenvalue weighted by molar-refractivity contribution is -0.322. The second-order valence-electron chi connectivity index (χ2n) is 6.25. The summed E-state index contributed by atoms with van der Waals surface area (Å²) in [6, 6.07) is 0. The van der Waals surface area contributed by atoms with Gasteiger partial charge in [-0.2, -0.15) is 0 Å². The van der Waals surface area contributed by atoms with Gasteiger partial charge in [0, 0.05) is 12.8 Å². The predicted molar refractivity (Wildman–Crippen MR) is 89.2 cm³/mol. The molecule has 0 atom stereocenters. The fourth-order valence-corrected chi connectivity index (χ4v) is 2.47. The normalized spacial score (nSPS) is 11.6. The van der Waals surface area contributed by atoms with Gasteiger partial charge in [-0.3, -0.25) is 4.79 Å². The van der Waals surface area contributed by atoms with Gasteiger partial charge >= 0.3 is 11.9 Å². The van der Waals surface area contributed by atoms with Gasteiger partial charge < -0.3 is 14.9 Å². The van der Waals surface area contributed by atoms with Gasteiger partial charge in [-0.1, -0.05) is 78.1 Å². The zero-order valence-corrected chi connectivity index (χ0v) is 14.6. The maximum atomic E-state index is 11.6. The van der Waals surface area contributed by atoms with Gasteiger partial charge in [0.1, 0.15) is 0 Å². The van der Waals surface area contributed by atoms with Crippen LogP contribution in [-0.4, -0.2) is 22.2 Å². The lowest BCUT2D eigenvalue weighted by atomic mass is 10.1. The molecule has 22 heavy (non-hydrogen) atoms. The van der Waals surface area contributed by atoms with E-state index in [0.29, 0.717) is 6.42 Å². The quantitative estimate of drug-likeness (QED) is 0.262. The van der Waals surface area contributed by atoms with Gasteiger partial charge in [0.15, 0.2) is 0 Å². The van der Waals surface area contributed by atoms with Gasteiger partial charge in [-0.25, -0.2) is 0 Å². The molecule has 0 saturated carbocycles. The molecule has 0 spiro atoms. The molecule has 0 aliphatic carbocycles. The summed E-state index contributed by atoms with van der Waals surface area (Å²) in [6.07, 6.45) is 13.5. The summed E-state index contributed by atoms with van der Waals surface area (Å²) in [5.41, 5.74) is 0. The molecule has 0 heterocycles. The van der Waals surface area contributed by atoms with Gasteiger partial charge in [0.2, 0.25) is 0 Å². The highest BCUT2D eigenvalue weighted by molar-refractivity contribution is 5.69. The molecule has 0 aromatic rings. The molecule has 0 aromatic carbocycles. The smallest absolute Gasteiger partial charge is 0.324 e. The summed E-state index contributed by atoms with van der Waals surface area (Å²) >= 11 is 0. The molecule has 4 heteroatoms. The fourth-order valence-electron chi connectivity index (χ4n) is 2.47. The van der Waals surface area contributed by atoms with Crippen LogP contribution in [0.1, 0.15) is 104 Å². The van der Waals surface area contributed by atoms with Crippen molar-refractivity contribution in [3.8, 4) is 0 Å². The second kappa shape index (κ2) is 14.0. The van der Waals surface area contributed by atoms with Crippen LogP contribution in [0.4, 0.5) is 0 Å². The summed E-state index contributed by atoms with van der Waals surface area (Å²) < 4.78 is 4.73. The van der Waals surface area contributed by atoms with Gasteiger partial charge in [0.25, 0.3) is 0 Å². The van der Waals surface area contributed by atoms with Crippen molar-refractivity contribution in [2.75, 3.05) is 0 Å². The second-order valence-corrected chi connectivity index (χ2v) is 6.25. The molecule has 2 N–H and O–H groups in total. The van der Waals surface area contributed by atoms with E-state index in [4.69, 9.17) is 4.74 Å². The van der Waals surface area contributed by atoms with Gasteiger partial charge in [-0.15, -0.1) is 0 Å². The van der Waals surface area contributed by atoms with Crippen LogP contribution in [-0.2, 0) is 9.53 Å². The number of rotatable bonds is 15. The number of carbonyl (C=O) groups is 1. The molecule has 0 bridgehead atoms. The van der Waals surface area contributed by atoms with E-state index >= 15 is 0 Å². The predicted octanol–water partition coefficient (Wildman–Crippen LogP) is 4.67. The zero-order valence-electron chi connectivity index (χ0n) is 14.6. The van der Waals surface area contributed by atoms with E-state index in [0.717, 1.165) is 32.1 Å². The lowest BCUT2D eigenvalue weighted by Crippen LogP contribution is -2.34. The van der Waals surface area contributed by atoms with Crippen LogP contribution < -0.4 is 0 Å². The topological polar surface area (TPSA) is 66.8 Å². The molecule has 0 aliphatic heterocycles. The van der Waals surface area contributed by atoms with Crippen LogP contribution >= 0.6 is 0 Å². The van der Waals surface area contributed by atoms with Crippen LogP contribution in [0.3, 0.4) is 0 Å². The molecule has 0 rings (SSSR count). The molecule has 0 fully saturated rings. The first-order chi connectivity index (χ1) is 10.5. The maximum Gasteiger partial charge on any atom is 0.324 e. The fraction of sp³-hybridized carbons (Fsp3) is 0.944. The molecule has 0 saturated heterocycles. The van der Waals surface area contributed by atoms with Crippen molar-refractivity contribution in [3.63, 3.8) is 0 Å². The van der Waals surface area contributed by atoms with E-state index in [9.17, 15) is 15.0 Å². The Morgan fingerprint density at radius 3 is 1.77 bits per heavy atom. The summed E-state index contributed by atoms with van der Waals surface area (Å²) in [5.74, 6) is -2.80. The molecule has 0 unspecified atom stereocenters. The highest BCUT2D eigenvalue weighted by Crippen LogP contribution is 2.16. The van der Waals surface area contributed by atoms with Crippen molar-refractivity contribution in [1.82, 2.24) is 0 Å². The molecule has 0 amide bonds. The first kappa shape index (κ1) is 21.4. The van der Waals surface area contributed by atoms with Gasteiger partial charge in [0.05, 0.1) is 0 Å². The van der Waals surface area contributed by atoms with Gasteiger partial charge in [-0.05, 0) is 12.8 Å². The molecule has 0 aromatic heterocycles. The van der Waals surface area contributed by atoms with E-state index in [1.54, 1.807) is 0 Å².